The molecule has 0 aliphatic rings. The van der Waals surface area contributed by atoms with Crippen molar-refractivity contribution in [3.05, 3.63) is 29.6 Å². The van der Waals surface area contributed by atoms with Gasteiger partial charge in [-0.1, -0.05) is 0 Å². The first kappa shape index (κ1) is 18.1. The Morgan fingerprint density at radius 3 is 2.59 bits per heavy atom. The van der Waals surface area contributed by atoms with Crippen molar-refractivity contribution >= 4 is 11.8 Å². The molecule has 0 atom stereocenters. The van der Waals surface area contributed by atoms with Crippen LogP contribution in [-0.4, -0.2) is 66.9 Å². The summed E-state index contributed by atoms with van der Waals surface area (Å²) in [5.74, 6) is -0.449. The number of primary amides is 1. The molecule has 0 aliphatic heterocycles. The van der Waals surface area contributed by atoms with Crippen LogP contribution >= 0.6 is 0 Å². The van der Waals surface area contributed by atoms with Crippen LogP contribution < -0.4 is 11.1 Å². The number of nitrogens with two attached hydrogens (primary N) is 1. The molecule has 0 bridgehead atoms. The Hall–Kier alpha value is -1.99. The molecule has 0 spiro atoms. The van der Waals surface area contributed by atoms with Gasteiger partial charge in [0.05, 0.1) is 12.1 Å². The number of rotatable bonds is 9. The van der Waals surface area contributed by atoms with Crippen LogP contribution in [0, 0.1) is 0 Å². The average molecular weight is 307 g/mol. The molecule has 0 fully saturated rings. The molecule has 3 N–H and O–H groups in total. The average Bonchev–Trinajstić information content (AvgIpc) is 2.48. The number of hydrogen-bond donors (Lipinski definition) is 2. The van der Waals surface area contributed by atoms with Gasteiger partial charge in [0.1, 0.15) is 0 Å². The highest BCUT2D eigenvalue weighted by Crippen LogP contribution is 2.01. The highest BCUT2D eigenvalue weighted by atomic mass is 16.2. The molecule has 2 amide bonds. The summed E-state index contributed by atoms with van der Waals surface area (Å²) in [6.45, 7) is 4.92. The van der Waals surface area contributed by atoms with Gasteiger partial charge in [-0.05, 0) is 32.6 Å². The van der Waals surface area contributed by atoms with Crippen LogP contribution in [-0.2, 0) is 11.3 Å². The Bertz CT molecular complexity index is 504. The molecule has 0 aromatic carbocycles. The molecule has 1 aromatic rings. The van der Waals surface area contributed by atoms with E-state index in [2.05, 4.69) is 10.3 Å². The quantitative estimate of drug-likeness (QED) is 0.652. The van der Waals surface area contributed by atoms with Gasteiger partial charge in [0, 0.05) is 38.6 Å². The molecule has 0 saturated carbocycles. The molecule has 1 rings (SSSR count). The maximum atomic E-state index is 12.1. The van der Waals surface area contributed by atoms with Gasteiger partial charge < -0.3 is 20.9 Å². The second-order valence-corrected chi connectivity index (χ2v) is 5.33. The van der Waals surface area contributed by atoms with E-state index in [4.69, 9.17) is 5.73 Å². The van der Waals surface area contributed by atoms with Crippen LogP contribution in [0.15, 0.2) is 18.5 Å². The molecule has 0 unspecified atom stereocenters. The first-order chi connectivity index (χ1) is 10.4. The number of carbonyl (C=O) groups excluding carboxylic acids is 2. The predicted octanol–water partition coefficient (Wildman–Crippen LogP) is -0.320. The maximum absolute atomic E-state index is 12.1. The van der Waals surface area contributed by atoms with E-state index in [0.717, 1.165) is 12.1 Å². The number of amides is 2. The summed E-state index contributed by atoms with van der Waals surface area (Å²) in [6, 6.07) is 1.68. The molecule has 22 heavy (non-hydrogen) atoms. The molecular formula is C15H25N5O2. The fourth-order valence-electron chi connectivity index (χ4n) is 1.92. The van der Waals surface area contributed by atoms with Crippen LogP contribution in [0.3, 0.4) is 0 Å². The Morgan fingerprint density at radius 1 is 1.27 bits per heavy atom. The van der Waals surface area contributed by atoms with Crippen molar-refractivity contribution in [2.45, 2.75) is 13.5 Å². The summed E-state index contributed by atoms with van der Waals surface area (Å²) < 4.78 is 0. The van der Waals surface area contributed by atoms with E-state index in [0.29, 0.717) is 25.2 Å². The molecule has 0 aliphatic carbocycles. The van der Waals surface area contributed by atoms with Gasteiger partial charge in [0.15, 0.2) is 0 Å². The zero-order valence-electron chi connectivity index (χ0n) is 13.5. The second-order valence-electron chi connectivity index (χ2n) is 5.33. The van der Waals surface area contributed by atoms with Crippen molar-refractivity contribution in [3.8, 4) is 0 Å². The van der Waals surface area contributed by atoms with Crippen molar-refractivity contribution in [2.75, 3.05) is 40.3 Å². The van der Waals surface area contributed by atoms with Gasteiger partial charge in [0.2, 0.25) is 11.8 Å². The molecule has 0 saturated heterocycles. The molecule has 7 heteroatoms. The maximum Gasteiger partial charge on any atom is 0.250 e. The van der Waals surface area contributed by atoms with Crippen LogP contribution in [0.4, 0.5) is 0 Å². The predicted molar refractivity (Wildman–Crippen MR) is 85.3 cm³/mol. The first-order valence-corrected chi connectivity index (χ1v) is 7.31. The zero-order valence-corrected chi connectivity index (χ0v) is 13.5. The van der Waals surface area contributed by atoms with Crippen LogP contribution in [0.5, 0.6) is 0 Å². The van der Waals surface area contributed by atoms with Gasteiger partial charge in [-0.15, -0.1) is 0 Å². The van der Waals surface area contributed by atoms with Crippen molar-refractivity contribution < 1.29 is 9.59 Å². The van der Waals surface area contributed by atoms with Crippen LogP contribution in [0.2, 0.25) is 0 Å². The lowest BCUT2D eigenvalue weighted by atomic mass is 10.2. The highest BCUT2D eigenvalue weighted by Gasteiger charge is 2.11. The number of hydrogen-bond acceptors (Lipinski definition) is 5. The van der Waals surface area contributed by atoms with Gasteiger partial charge in [-0.3, -0.25) is 14.6 Å². The van der Waals surface area contributed by atoms with E-state index < -0.39 is 5.91 Å². The largest absolute Gasteiger partial charge is 0.366 e. The topological polar surface area (TPSA) is 91.6 Å². The second kappa shape index (κ2) is 9.11. The van der Waals surface area contributed by atoms with E-state index in [9.17, 15) is 9.59 Å². The van der Waals surface area contributed by atoms with E-state index in [-0.39, 0.29) is 12.5 Å². The Balaban J connectivity index is 2.43. The first-order valence-electron chi connectivity index (χ1n) is 7.31. The van der Waals surface area contributed by atoms with E-state index in [1.165, 1.54) is 6.20 Å². The summed E-state index contributed by atoms with van der Waals surface area (Å²) in [5.41, 5.74) is 6.40. The summed E-state index contributed by atoms with van der Waals surface area (Å²) in [5, 5.41) is 3.07. The number of likely N-dealkylation sites (N-methyl/N-ethyl adjacent to an activating group) is 2. The Morgan fingerprint density at radius 2 is 2.00 bits per heavy atom. The minimum absolute atomic E-state index is 0.0587. The summed E-state index contributed by atoms with van der Waals surface area (Å²) in [7, 11) is 3.96. The molecule has 7 nitrogen and oxygen atoms in total. The third-order valence-electron chi connectivity index (χ3n) is 3.24. The van der Waals surface area contributed by atoms with Gasteiger partial charge in [-0.25, -0.2) is 0 Å². The third kappa shape index (κ3) is 6.19. The van der Waals surface area contributed by atoms with E-state index >= 15 is 0 Å². The molecule has 1 aromatic heterocycles. The molecule has 1 heterocycles. The Labute approximate surface area is 131 Å². The summed E-state index contributed by atoms with van der Waals surface area (Å²) in [6.07, 6.45) is 3.07. The molecule has 122 valence electrons. The monoisotopic (exact) mass is 307 g/mol. The van der Waals surface area contributed by atoms with Crippen molar-refractivity contribution in [2.24, 2.45) is 5.73 Å². The third-order valence-corrected chi connectivity index (χ3v) is 3.24. The highest BCUT2D eigenvalue weighted by molar-refractivity contribution is 5.92. The van der Waals surface area contributed by atoms with Gasteiger partial charge in [-0.2, -0.15) is 0 Å². The fourth-order valence-corrected chi connectivity index (χ4v) is 1.92. The number of nitrogens with one attached hydrogen (secondary N) is 1. The lowest BCUT2D eigenvalue weighted by Crippen LogP contribution is -2.41. The minimum Gasteiger partial charge on any atom is -0.366 e. The van der Waals surface area contributed by atoms with Crippen LogP contribution in [0.1, 0.15) is 22.8 Å². The van der Waals surface area contributed by atoms with Crippen molar-refractivity contribution in [1.82, 2.24) is 20.1 Å². The number of nitrogens with zero attached hydrogens (tertiary/aromatic N) is 3. The SMILES string of the molecule is CCN(CCN(C)C)C(=O)CNCc1cncc(C(N)=O)c1. The number of carbonyl (C=O) groups is 2. The minimum atomic E-state index is -0.508. The molecular weight excluding hydrogens is 282 g/mol. The summed E-state index contributed by atoms with van der Waals surface area (Å²) in [4.78, 5) is 31.0. The standard InChI is InChI=1S/C15H25N5O2/c1-4-20(6-5-19(2)3)14(21)11-18-9-12-7-13(15(16)22)10-17-8-12/h7-8,10,18H,4-6,9,11H2,1-3H3,(H2,16,22). The van der Waals surface area contributed by atoms with Gasteiger partial charge in [0.25, 0.3) is 0 Å². The van der Waals surface area contributed by atoms with E-state index in [1.807, 2.05) is 30.8 Å². The number of aromatic nitrogens is 1. The van der Waals surface area contributed by atoms with Crippen LogP contribution in [0.25, 0.3) is 0 Å². The normalized spacial score (nSPS) is 10.7. The lowest BCUT2D eigenvalue weighted by molar-refractivity contribution is -0.130. The zero-order chi connectivity index (χ0) is 16.5. The molecule has 0 radical (unpaired) electrons. The Kier molecular flexibility index (Phi) is 7.48. The smallest absolute Gasteiger partial charge is 0.250 e. The van der Waals surface area contributed by atoms with E-state index in [1.54, 1.807) is 12.3 Å². The van der Waals surface area contributed by atoms with Crippen molar-refractivity contribution in [1.29, 1.82) is 0 Å². The lowest BCUT2D eigenvalue weighted by Gasteiger charge is -2.23. The summed E-state index contributed by atoms with van der Waals surface area (Å²) >= 11 is 0. The van der Waals surface area contributed by atoms with Crippen molar-refractivity contribution in [3.63, 3.8) is 0 Å². The van der Waals surface area contributed by atoms with Gasteiger partial charge >= 0.3 is 0 Å². The number of pyridine rings is 1. The fraction of sp³-hybridized carbons (Fsp3) is 0.533.